The Morgan fingerprint density at radius 1 is 1.20 bits per heavy atom. The van der Waals surface area contributed by atoms with Gasteiger partial charge in [-0.3, -0.25) is 4.98 Å². The summed E-state index contributed by atoms with van der Waals surface area (Å²) in [6.45, 7) is 5.20. The molecule has 0 bridgehead atoms. The molecule has 4 heterocycles. The predicted molar refractivity (Wildman–Crippen MR) is 111 cm³/mol. The SMILES string of the molecule is CC(C)N1CCc2cc(-c3nsc(N(C)c4ncc(N)cc4C(F)(F)F)n3)ncc21. The Balaban J connectivity index is 1.65. The second-order valence-electron chi connectivity index (χ2n) is 7.33. The standard InChI is InChI=1S/C19H20F3N7S/c1-10(2)29-5-4-11-6-14(24-9-15(11)29)16-26-18(30-27-16)28(3)17-13(19(20,21)22)7-12(23)8-25-17/h6-10H,4-5,23H2,1-3H3. The largest absolute Gasteiger partial charge is 0.420 e. The van der Waals surface area contributed by atoms with E-state index in [9.17, 15) is 13.2 Å². The number of aromatic nitrogens is 4. The van der Waals surface area contributed by atoms with Crippen LogP contribution in [0.15, 0.2) is 24.5 Å². The van der Waals surface area contributed by atoms with E-state index >= 15 is 0 Å². The number of nitrogens with two attached hydrogens (primary N) is 1. The minimum Gasteiger partial charge on any atom is -0.397 e. The summed E-state index contributed by atoms with van der Waals surface area (Å²) < 4.78 is 44.6. The third-order valence-electron chi connectivity index (χ3n) is 4.96. The van der Waals surface area contributed by atoms with Crippen molar-refractivity contribution in [1.29, 1.82) is 0 Å². The lowest BCUT2D eigenvalue weighted by molar-refractivity contribution is -0.137. The quantitative estimate of drug-likeness (QED) is 0.659. The Hall–Kier alpha value is -2.95. The minimum absolute atomic E-state index is 0.0600. The molecular formula is C19H20F3N7S. The van der Waals surface area contributed by atoms with Gasteiger partial charge in [0.15, 0.2) is 5.82 Å². The molecule has 1 aliphatic rings. The molecule has 0 atom stereocenters. The first-order valence-electron chi connectivity index (χ1n) is 9.31. The van der Waals surface area contributed by atoms with Crippen LogP contribution in [-0.2, 0) is 12.6 Å². The Labute approximate surface area is 175 Å². The van der Waals surface area contributed by atoms with Gasteiger partial charge in [0.1, 0.15) is 17.1 Å². The van der Waals surface area contributed by atoms with E-state index in [-0.39, 0.29) is 16.6 Å². The summed E-state index contributed by atoms with van der Waals surface area (Å²) >= 11 is 0.985. The van der Waals surface area contributed by atoms with E-state index in [0.717, 1.165) is 41.8 Å². The fourth-order valence-corrected chi connectivity index (χ4v) is 4.10. The van der Waals surface area contributed by atoms with Crippen molar-refractivity contribution < 1.29 is 13.2 Å². The fourth-order valence-electron chi connectivity index (χ4n) is 3.46. The molecule has 0 aromatic carbocycles. The van der Waals surface area contributed by atoms with Gasteiger partial charge in [0.05, 0.1) is 23.8 Å². The molecule has 0 saturated heterocycles. The average molecular weight is 435 g/mol. The molecule has 11 heteroatoms. The van der Waals surface area contributed by atoms with Gasteiger partial charge in [-0.1, -0.05) is 0 Å². The van der Waals surface area contributed by atoms with Crippen molar-refractivity contribution in [3.63, 3.8) is 0 Å². The summed E-state index contributed by atoms with van der Waals surface area (Å²) in [5.74, 6) is 0.0885. The Bertz CT molecular complexity index is 1080. The highest BCUT2D eigenvalue weighted by molar-refractivity contribution is 7.10. The highest BCUT2D eigenvalue weighted by Gasteiger charge is 2.36. The van der Waals surface area contributed by atoms with Gasteiger partial charge in [0.2, 0.25) is 5.13 Å². The Morgan fingerprint density at radius 2 is 1.97 bits per heavy atom. The highest BCUT2D eigenvalue weighted by Crippen LogP contribution is 2.39. The number of nitrogen functional groups attached to an aromatic ring is 1. The van der Waals surface area contributed by atoms with Crippen LogP contribution in [0.1, 0.15) is 25.0 Å². The topological polar surface area (TPSA) is 84.1 Å². The maximum atomic E-state index is 13.4. The normalized spacial score (nSPS) is 13.8. The molecule has 0 aliphatic carbocycles. The lowest BCUT2D eigenvalue weighted by Gasteiger charge is -2.23. The van der Waals surface area contributed by atoms with Gasteiger partial charge in [-0.2, -0.15) is 22.5 Å². The summed E-state index contributed by atoms with van der Waals surface area (Å²) in [5.41, 5.74) is 7.37. The lowest BCUT2D eigenvalue weighted by atomic mass is 10.2. The number of fused-ring (bicyclic) bond motifs is 1. The summed E-state index contributed by atoms with van der Waals surface area (Å²) in [6.07, 6.45) is -0.690. The van der Waals surface area contributed by atoms with Crippen LogP contribution >= 0.6 is 11.5 Å². The van der Waals surface area contributed by atoms with Crippen molar-refractivity contribution in [3.8, 4) is 11.5 Å². The number of alkyl halides is 3. The van der Waals surface area contributed by atoms with Gasteiger partial charge in [0, 0.05) is 31.2 Å². The Kier molecular flexibility index (Phi) is 5.00. The van der Waals surface area contributed by atoms with E-state index in [1.807, 2.05) is 12.3 Å². The minimum atomic E-state index is -4.59. The molecule has 0 unspecified atom stereocenters. The fraction of sp³-hybridized carbons (Fsp3) is 0.368. The molecule has 0 saturated carbocycles. The van der Waals surface area contributed by atoms with Gasteiger partial charge in [-0.25, -0.2) is 4.98 Å². The third kappa shape index (κ3) is 3.64. The molecule has 0 fully saturated rings. The number of pyridine rings is 2. The third-order valence-corrected chi connectivity index (χ3v) is 5.76. The zero-order chi connectivity index (χ0) is 21.6. The maximum Gasteiger partial charge on any atom is 0.420 e. The molecule has 30 heavy (non-hydrogen) atoms. The zero-order valence-corrected chi connectivity index (χ0v) is 17.4. The number of anilines is 4. The van der Waals surface area contributed by atoms with E-state index in [2.05, 4.69) is 38.1 Å². The highest BCUT2D eigenvalue weighted by atomic mass is 32.1. The number of nitrogens with zero attached hydrogens (tertiary/aromatic N) is 6. The van der Waals surface area contributed by atoms with Gasteiger partial charge in [-0.05, 0) is 38.0 Å². The van der Waals surface area contributed by atoms with Gasteiger partial charge in [-0.15, -0.1) is 0 Å². The van der Waals surface area contributed by atoms with Crippen LogP contribution in [-0.4, -0.2) is 39.0 Å². The van der Waals surface area contributed by atoms with Gasteiger partial charge < -0.3 is 15.5 Å². The summed E-state index contributed by atoms with van der Waals surface area (Å²) in [4.78, 5) is 16.3. The van der Waals surface area contributed by atoms with Crippen LogP contribution in [0.5, 0.6) is 0 Å². The first-order chi connectivity index (χ1) is 14.1. The van der Waals surface area contributed by atoms with E-state index < -0.39 is 11.7 Å². The zero-order valence-electron chi connectivity index (χ0n) is 16.6. The Morgan fingerprint density at radius 3 is 2.67 bits per heavy atom. The molecular weight excluding hydrogens is 415 g/mol. The molecule has 0 amide bonds. The van der Waals surface area contributed by atoms with Crippen LogP contribution < -0.4 is 15.5 Å². The second kappa shape index (κ2) is 7.38. The van der Waals surface area contributed by atoms with Crippen molar-refractivity contribution in [2.75, 3.05) is 29.1 Å². The smallest absolute Gasteiger partial charge is 0.397 e. The van der Waals surface area contributed by atoms with Gasteiger partial charge >= 0.3 is 6.18 Å². The van der Waals surface area contributed by atoms with Crippen molar-refractivity contribution in [2.45, 2.75) is 32.5 Å². The van der Waals surface area contributed by atoms with Gasteiger partial charge in [0.25, 0.3) is 0 Å². The van der Waals surface area contributed by atoms with E-state index in [0.29, 0.717) is 17.6 Å². The molecule has 7 nitrogen and oxygen atoms in total. The van der Waals surface area contributed by atoms with Crippen molar-refractivity contribution >= 4 is 33.9 Å². The van der Waals surface area contributed by atoms with Crippen molar-refractivity contribution in [3.05, 3.63) is 35.7 Å². The molecule has 0 spiro atoms. The molecule has 0 radical (unpaired) electrons. The predicted octanol–water partition coefficient (Wildman–Crippen LogP) is 4.13. The van der Waals surface area contributed by atoms with Crippen LogP contribution in [0.2, 0.25) is 0 Å². The summed E-state index contributed by atoms with van der Waals surface area (Å²) in [5, 5.41) is 0.277. The summed E-state index contributed by atoms with van der Waals surface area (Å²) in [7, 11) is 1.47. The molecule has 2 N–H and O–H groups in total. The van der Waals surface area contributed by atoms with Crippen LogP contribution in [0.3, 0.4) is 0 Å². The van der Waals surface area contributed by atoms with E-state index in [4.69, 9.17) is 5.73 Å². The molecule has 3 aromatic rings. The molecule has 1 aliphatic heterocycles. The maximum absolute atomic E-state index is 13.4. The van der Waals surface area contributed by atoms with E-state index in [1.54, 1.807) is 0 Å². The van der Waals surface area contributed by atoms with Crippen molar-refractivity contribution in [1.82, 2.24) is 19.3 Å². The summed E-state index contributed by atoms with van der Waals surface area (Å²) in [6, 6.07) is 3.20. The average Bonchev–Trinajstić information content (AvgIpc) is 3.33. The molecule has 3 aromatic heterocycles. The van der Waals surface area contributed by atoms with Crippen LogP contribution in [0, 0.1) is 0 Å². The first kappa shape index (κ1) is 20.3. The molecule has 158 valence electrons. The lowest BCUT2D eigenvalue weighted by Crippen LogP contribution is -2.28. The second-order valence-corrected chi connectivity index (χ2v) is 8.06. The number of rotatable bonds is 4. The monoisotopic (exact) mass is 435 g/mol. The van der Waals surface area contributed by atoms with Crippen LogP contribution in [0.25, 0.3) is 11.5 Å². The number of hydrogen-bond acceptors (Lipinski definition) is 8. The van der Waals surface area contributed by atoms with E-state index in [1.165, 1.54) is 18.1 Å². The van der Waals surface area contributed by atoms with Crippen LogP contribution in [0.4, 0.5) is 35.5 Å². The number of hydrogen-bond donors (Lipinski definition) is 1. The van der Waals surface area contributed by atoms with Crippen molar-refractivity contribution in [2.24, 2.45) is 0 Å². The molecule has 4 rings (SSSR count). The number of halogens is 3. The first-order valence-corrected chi connectivity index (χ1v) is 10.1.